The zero-order valence-electron chi connectivity index (χ0n) is 15.0. The molecule has 0 saturated heterocycles. The van der Waals surface area contributed by atoms with Crippen LogP contribution in [0.25, 0.3) is 6.08 Å². The fraction of sp³-hybridized carbons (Fsp3) is 0.190. The number of carbonyl (C=O) groups is 1. The highest BCUT2D eigenvalue weighted by Gasteiger charge is 2.16. The average molecular weight is 354 g/mol. The number of benzene rings is 2. The van der Waals surface area contributed by atoms with Crippen molar-refractivity contribution < 1.29 is 24.9 Å². The third kappa shape index (κ3) is 4.45. The van der Waals surface area contributed by atoms with Crippen LogP contribution in [0.5, 0.6) is 23.0 Å². The van der Waals surface area contributed by atoms with Gasteiger partial charge in [-0.2, -0.15) is 0 Å². The smallest absolute Gasteiger partial charge is 0.189 e. The summed E-state index contributed by atoms with van der Waals surface area (Å²) in [4.78, 5) is 12.5. The molecule has 26 heavy (non-hydrogen) atoms. The Morgan fingerprint density at radius 2 is 1.85 bits per heavy atom. The highest BCUT2D eigenvalue weighted by Crippen LogP contribution is 2.33. The second-order valence-corrected chi connectivity index (χ2v) is 6.07. The molecule has 0 aliphatic heterocycles. The molecule has 3 N–H and O–H groups in total. The first-order chi connectivity index (χ1) is 12.3. The van der Waals surface area contributed by atoms with Crippen LogP contribution in [-0.2, 0) is 6.42 Å². The minimum atomic E-state index is -0.406. The number of hydrogen-bond donors (Lipinski definition) is 3. The van der Waals surface area contributed by atoms with E-state index in [1.807, 2.05) is 19.9 Å². The van der Waals surface area contributed by atoms with E-state index in [0.29, 0.717) is 23.3 Å². The molecule has 0 aliphatic carbocycles. The summed E-state index contributed by atoms with van der Waals surface area (Å²) in [5.41, 5.74) is 2.16. The Labute approximate surface area is 152 Å². The summed E-state index contributed by atoms with van der Waals surface area (Å²) in [5.74, 6) is -0.223. The van der Waals surface area contributed by atoms with Gasteiger partial charge in [0.1, 0.15) is 23.0 Å². The van der Waals surface area contributed by atoms with Crippen molar-refractivity contribution in [3.05, 3.63) is 64.7 Å². The first-order valence-electron chi connectivity index (χ1n) is 8.10. The topological polar surface area (TPSA) is 87.0 Å². The number of methoxy groups -OCH3 is 1. The predicted octanol–water partition coefficient (Wildman–Crippen LogP) is 4.22. The van der Waals surface area contributed by atoms with Gasteiger partial charge in [0, 0.05) is 17.2 Å². The fourth-order valence-electron chi connectivity index (χ4n) is 2.44. The van der Waals surface area contributed by atoms with Gasteiger partial charge < -0.3 is 20.1 Å². The van der Waals surface area contributed by atoms with Gasteiger partial charge in [-0.25, -0.2) is 0 Å². The van der Waals surface area contributed by atoms with Crippen LogP contribution in [0.1, 0.15) is 35.3 Å². The Bertz CT molecular complexity index is 874. The summed E-state index contributed by atoms with van der Waals surface area (Å²) in [6.45, 7) is 3.90. The minimum absolute atomic E-state index is 0.0670. The van der Waals surface area contributed by atoms with Crippen molar-refractivity contribution in [2.75, 3.05) is 7.11 Å². The second kappa shape index (κ2) is 8.25. The van der Waals surface area contributed by atoms with E-state index < -0.39 is 5.78 Å². The maximum atomic E-state index is 12.5. The van der Waals surface area contributed by atoms with Crippen LogP contribution in [0.4, 0.5) is 0 Å². The lowest BCUT2D eigenvalue weighted by atomic mass is 10.00. The van der Waals surface area contributed by atoms with Gasteiger partial charge in [-0.3, -0.25) is 4.79 Å². The molecule has 2 rings (SSSR count). The summed E-state index contributed by atoms with van der Waals surface area (Å²) >= 11 is 0. The minimum Gasteiger partial charge on any atom is -0.508 e. The van der Waals surface area contributed by atoms with Crippen molar-refractivity contribution in [3.63, 3.8) is 0 Å². The Balaban J connectivity index is 2.35. The SMILES string of the molecule is COc1ccc(C(=O)/C=C/c2ccc(O)cc2O)c(O)c1CC=C(C)C. The summed E-state index contributed by atoms with van der Waals surface area (Å²) in [6, 6.07) is 7.23. The van der Waals surface area contributed by atoms with Gasteiger partial charge in [0.2, 0.25) is 0 Å². The highest BCUT2D eigenvalue weighted by molar-refractivity contribution is 6.09. The van der Waals surface area contributed by atoms with Crippen LogP contribution in [0.2, 0.25) is 0 Å². The standard InChI is InChI=1S/C21H22O5/c1-13(2)4-8-17-20(26-3)11-9-16(21(17)25)18(23)10-6-14-5-7-15(22)12-19(14)24/h4-7,9-12,22,24-25H,8H2,1-3H3/b10-6+. The Morgan fingerprint density at radius 3 is 2.46 bits per heavy atom. The van der Waals surface area contributed by atoms with Crippen LogP contribution in [0, 0.1) is 0 Å². The van der Waals surface area contributed by atoms with Crippen molar-refractivity contribution in [3.8, 4) is 23.0 Å². The fourth-order valence-corrected chi connectivity index (χ4v) is 2.44. The van der Waals surface area contributed by atoms with Gasteiger partial charge in [-0.15, -0.1) is 0 Å². The van der Waals surface area contributed by atoms with E-state index in [0.717, 1.165) is 5.57 Å². The molecular weight excluding hydrogens is 332 g/mol. The molecule has 2 aromatic carbocycles. The summed E-state index contributed by atoms with van der Waals surface area (Å²) in [7, 11) is 1.51. The molecule has 0 aromatic heterocycles. The number of rotatable bonds is 6. The van der Waals surface area contributed by atoms with E-state index in [2.05, 4.69) is 0 Å². The Kier molecular flexibility index (Phi) is 6.07. The van der Waals surface area contributed by atoms with Crippen molar-refractivity contribution in [1.82, 2.24) is 0 Å². The van der Waals surface area contributed by atoms with Crippen LogP contribution >= 0.6 is 0 Å². The molecule has 0 amide bonds. The zero-order valence-corrected chi connectivity index (χ0v) is 15.0. The normalized spacial score (nSPS) is 10.7. The first-order valence-corrected chi connectivity index (χ1v) is 8.10. The van der Waals surface area contributed by atoms with Gasteiger partial charge in [-0.05, 0) is 56.7 Å². The number of phenols is 3. The lowest BCUT2D eigenvalue weighted by molar-refractivity contribution is 0.104. The van der Waals surface area contributed by atoms with Crippen molar-refractivity contribution >= 4 is 11.9 Å². The molecule has 5 nitrogen and oxygen atoms in total. The average Bonchev–Trinajstić information content (AvgIpc) is 2.59. The third-order valence-electron chi connectivity index (χ3n) is 3.87. The number of carbonyl (C=O) groups excluding carboxylic acids is 1. The van der Waals surface area contributed by atoms with E-state index in [9.17, 15) is 20.1 Å². The number of aromatic hydroxyl groups is 3. The zero-order chi connectivity index (χ0) is 19.3. The van der Waals surface area contributed by atoms with Gasteiger partial charge >= 0.3 is 0 Å². The van der Waals surface area contributed by atoms with Crippen LogP contribution < -0.4 is 4.74 Å². The summed E-state index contributed by atoms with van der Waals surface area (Å²) in [5, 5.41) is 29.6. The molecule has 0 unspecified atom stereocenters. The molecule has 0 saturated carbocycles. The lowest BCUT2D eigenvalue weighted by Gasteiger charge is -2.12. The Hall–Kier alpha value is -3.21. The quantitative estimate of drug-likeness (QED) is 0.411. The van der Waals surface area contributed by atoms with E-state index in [4.69, 9.17) is 4.74 Å². The summed E-state index contributed by atoms with van der Waals surface area (Å²) in [6.07, 6.45) is 5.08. The number of phenolic OH excluding ortho intramolecular Hbond substituents is 3. The molecule has 0 fully saturated rings. The molecule has 0 heterocycles. The molecule has 5 heteroatoms. The molecule has 0 spiro atoms. The lowest BCUT2D eigenvalue weighted by Crippen LogP contribution is -2.00. The van der Waals surface area contributed by atoms with Crippen LogP contribution in [0.15, 0.2) is 48.1 Å². The van der Waals surface area contributed by atoms with Gasteiger partial charge in [0.05, 0.1) is 12.7 Å². The highest BCUT2D eigenvalue weighted by atomic mass is 16.5. The van der Waals surface area contributed by atoms with Gasteiger partial charge in [0.25, 0.3) is 0 Å². The maximum absolute atomic E-state index is 12.5. The number of ether oxygens (including phenoxy) is 1. The number of ketones is 1. The van der Waals surface area contributed by atoms with Crippen molar-refractivity contribution in [2.45, 2.75) is 20.3 Å². The third-order valence-corrected chi connectivity index (χ3v) is 3.87. The van der Waals surface area contributed by atoms with E-state index in [1.165, 1.54) is 43.5 Å². The first kappa shape index (κ1) is 19.1. The van der Waals surface area contributed by atoms with E-state index >= 15 is 0 Å². The molecule has 0 bridgehead atoms. The van der Waals surface area contributed by atoms with Crippen LogP contribution in [-0.4, -0.2) is 28.2 Å². The predicted molar refractivity (Wildman–Crippen MR) is 101 cm³/mol. The van der Waals surface area contributed by atoms with Crippen molar-refractivity contribution in [1.29, 1.82) is 0 Å². The second-order valence-electron chi connectivity index (χ2n) is 6.07. The van der Waals surface area contributed by atoms with Gasteiger partial charge in [0.15, 0.2) is 5.78 Å². The maximum Gasteiger partial charge on any atom is 0.189 e. The molecule has 136 valence electrons. The molecular formula is C21H22O5. The number of hydrogen-bond acceptors (Lipinski definition) is 5. The van der Waals surface area contributed by atoms with E-state index in [-0.39, 0.29) is 22.8 Å². The summed E-state index contributed by atoms with van der Waals surface area (Å²) < 4.78 is 5.27. The Morgan fingerprint density at radius 1 is 1.12 bits per heavy atom. The van der Waals surface area contributed by atoms with Crippen LogP contribution in [0.3, 0.4) is 0 Å². The molecule has 2 aromatic rings. The molecule has 0 atom stereocenters. The molecule has 0 aliphatic rings. The molecule has 0 radical (unpaired) electrons. The monoisotopic (exact) mass is 354 g/mol. The van der Waals surface area contributed by atoms with E-state index in [1.54, 1.807) is 6.07 Å². The number of allylic oxidation sites excluding steroid dienone is 3. The van der Waals surface area contributed by atoms with Gasteiger partial charge in [-0.1, -0.05) is 11.6 Å². The van der Waals surface area contributed by atoms with Crippen molar-refractivity contribution in [2.24, 2.45) is 0 Å². The largest absolute Gasteiger partial charge is 0.508 e.